The largest absolute Gasteiger partial charge is 0.493 e. The lowest BCUT2D eigenvalue weighted by Crippen LogP contribution is -2.44. The summed E-state index contributed by atoms with van der Waals surface area (Å²) in [4.78, 5) is 40.6. The maximum absolute atomic E-state index is 12.7. The molecular formula is C24H36N4O6. The molecule has 10 heteroatoms. The number of ketones is 1. The number of methoxy groups -OCH3 is 1. The van der Waals surface area contributed by atoms with Crippen molar-refractivity contribution >= 4 is 17.3 Å². The second-order valence-corrected chi connectivity index (χ2v) is 9.18. The number of hydrogen-bond acceptors (Lipinski definition) is 8. The fourth-order valence-electron chi connectivity index (χ4n) is 3.63. The molecule has 34 heavy (non-hydrogen) atoms. The van der Waals surface area contributed by atoms with E-state index in [0.717, 1.165) is 0 Å². The van der Waals surface area contributed by atoms with E-state index in [0.29, 0.717) is 30.2 Å². The van der Waals surface area contributed by atoms with E-state index in [-0.39, 0.29) is 42.3 Å². The molecule has 1 atom stereocenters. The van der Waals surface area contributed by atoms with E-state index in [9.17, 15) is 19.5 Å². The summed E-state index contributed by atoms with van der Waals surface area (Å²) in [6.45, 7) is 10.1. The summed E-state index contributed by atoms with van der Waals surface area (Å²) >= 11 is 0. The topological polar surface area (TPSA) is 140 Å². The first-order valence-corrected chi connectivity index (χ1v) is 11.3. The van der Waals surface area contributed by atoms with E-state index >= 15 is 0 Å². The van der Waals surface area contributed by atoms with Crippen molar-refractivity contribution in [2.75, 3.05) is 37.4 Å². The minimum Gasteiger partial charge on any atom is -0.493 e. The highest BCUT2D eigenvalue weighted by atomic mass is 16.5. The van der Waals surface area contributed by atoms with Crippen molar-refractivity contribution in [2.45, 2.75) is 47.3 Å². The van der Waals surface area contributed by atoms with Crippen molar-refractivity contribution in [3.05, 3.63) is 44.6 Å². The van der Waals surface area contributed by atoms with Crippen molar-refractivity contribution in [3.8, 4) is 11.5 Å². The van der Waals surface area contributed by atoms with Crippen molar-refractivity contribution in [2.24, 2.45) is 11.8 Å². The lowest BCUT2D eigenvalue weighted by molar-refractivity contribution is 0.101. The Kier molecular flexibility index (Phi) is 9.31. The van der Waals surface area contributed by atoms with Crippen LogP contribution in [0.5, 0.6) is 11.5 Å². The SMILES string of the molecule is COc1cc(C(C)=O)ccc1OCC(O)CN(CC(C)C)c1c(N)n(CC(C)C)c(=O)[nH]c1=O. The number of nitrogen functional groups attached to an aromatic ring is 1. The number of nitrogens with two attached hydrogens (primary N) is 1. The number of benzene rings is 1. The Morgan fingerprint density at radius 2 is 1.82 bits per heavy atom. The molecule has 0 radical (unpaired) electrons. The number of aliphatic hydroxyl groups excluding tert-OH is 1. The second-order valence-electron chi connectivity index (χ2n) is 9.18. The molecule has 188 valence electrons. The molecule has 0 spiro atoms. The molecular weight excluding hydrogens is 440 g/mol. The quantitative estimate of drug-likeness (QED) is 0.395. The van der Waals surface area contributed by atoms with Gasteiger partial charge in [-0.15, -0.1) is 0 Å². The fourth-order valence-corrected chi connectivity index (χ4v) is 3.63. The summed E-state index contributed by atoms with van der Waals surface area (Å²) < 4.78 is 12.4. The third-order valence-corrected chi connectivity index (χ3v) is 5.10. The molecule has 2 aromatic rings. The van der Waals surface area contributed by atoms with Gasteiger partial charge in [0.25, 0.3) is 5.56 Å². The number of anilines is 2. The molecule has 1 aromatic heterocycles. The highest BCUT2D eigenvalue weighted by molar-refractivity contribution is 5.94. The van der Waals surface area contributed by atoms with E-state index in [4.69, 9.17) is 15.2 Å². The van der Waals surface area contributed by atoms with Gasteiger partial charge in [-0.05, 0) is 37.0 Å². The van der Waals surface area contributed by atoms with Gasteiger partial charge in [-0.1, -0.05) is 27.7 Å². The van der Waals surface area contributed by atoms with Crippen molar-refractivity contribution in [1.82, 2.24) is 9.55 Å². The van der Waals surface area contributed by atoms with Gasteiger partial charge < -0.3 is 25.2 Å². The van der Waals surface area contributed by atoms with Gasteiger partial charge in [-0.3, -0.25) is 19.1 Å². The van der Waals surface area contributed by atoms with Gasteiger partial charge in [0.15, 0.2) is 17.3 Å². The molecule has 0 bridgehead atoms. The highest BCUT2D eigenvalue weighted by Crippen LogP contribution is 2.28. The third kappa shape index (κ3) is 6.86. The predicted octanol–water partition coefficient (Wildman–Crippen LogP) is 1.89. The molecule has 0 saturated carbocycles. The molecule has 1 aromatic carbocycles. The zero-order valence-corrected chi connectivity index (χ0v) is 20.8. The monoisotopic (exact) mass is 476 g/mol. The van der Waals surface area contributed by atoms with Crippen molar-refractivity contribution < 1.29 is 19.4 Å². The second kappa shape index (κ2) is 11.7. The van der Waals surface area contributed by atoms with Gasteiger partial charge >= 0.3 is 5.69 Å². The Balaban J connectivity index is 2.27. The van der Waals surface area contributed by atoms with Gasteiger partial charge in [-0.2, -0.15) is 0 Å². The lowest BCUT2D eigenvalue weighted by atomic mass is 10.1. The lowest BCUT2D eigenvalue weighted by Gasteiger charge is -2.30. The first-order valence-electron chi connectivity index (χ1n) is 11.3. The minimum absolute atomic E-state index is 0.0547. The highest BCUT2D eigenvalue weighted by Gasteiger charge is 2.23. The Hall–Kier alpha value is -3.27. The summed E-state index contributed by atoms with van der Waals surface area (Å²) in [6, 6.07) is 4.81. The third-order valence-electron chi connectivity index (χ3n) is 5.10. The van der Waals surface area contributed by atoms with Crippen LogP contribution in [0, 0.1) is 11.8 Å². The van der Waals surface area contributed by atoms with Gasteiger partial charge in [0, 0.05) is 25.2 Å². The first-order chi connectivity index (χ1) is 15.9. The van der Waals surface area contributed by atoms with Crippen LogP contribution in [0.2, 0.25) is 0 Å². The molecule has 0 aliphatic heterocycles. The van der Waals surface area contributed by atoms with Crippen molar-refractivity contribution in [3.63, 3.8) is 0 Å². The van der Waals surface area contributed by atoms with Crippen LogP contribution in [0.3, 0.4) is 0 Å². The number of nitrogens with one attached hydrogen (secondary N) is 1. The standard InChI is InChI=1S/C24H36N4O6/c1-14(2)10-27(21-22(25)28(11-15(3)4)24(32)26-23(21)31)12-18(30)13-34-19-8-7-17(16(5)29)9-20(19)33-6/h7-9,14-15,18,30H,10-13,25H2,1-6H3,(H,26,31,32). The number of H-pyrrole nitrogens is 1. The van der Waals surface area contributed by atoms with E-state index in [2.05, 4.69) is 4.98 Å². The van der Waals surface area contributed by atoms with Crippen LogP contribution in [0.15, 0.2) is 27.8 Å². The molecule has 10 nitrogen and oxygen atoms in total. The number of ether oxygens (including phenoxy) is 2. The summed E-state index contributed by atoms with van der Waals surface area (Å²) in [6.07, 6.45) is -0.986. The molecule has 0 saturated heterocycles. The maximum Gasteiger partial charge on any atom is 0.330 e. The summed E-state index contributed by atoms with van der Waals surface area (Å²) in [5.74, 6) is 1.01. The average Bonchev–Trinajstić information content (AvgIpc) is 2.74. The predicted molar refractivity (Wildman–Crippen MR) is 132 cm³/mol. The van der Waals surface area contributed by atoms with Crippen LogP contribution in [0.4, 0.5) is 11.5 Å². The Morgan fingerprint density at radius 3 is 2.38 bits per heavy atom. The van der Waals surface area contributed by atoms with Crippen LogP contribution in [-0.4, -0.2) is 53.4 Å². The van der Waals surface area contributed by atoms with Crippen LogP contribution in [0.1, 0.15) is 45.0 Å². The molecule has 0 aliphatic carbocycles. The Morgan fingerprint density at radius 1 is 1.15 bits per heavy atom. The molecule has 1 unspecified atom stereocenters. The number of carbonyl (C=O) groups excluding carboxylic acids is 1. The molecule has 2 rings (SSSR count). The van der Waals surface area contributed by atoms with E-state index < -0.39 is 17.4 Å². The number of nitrogens with zero attached hydrogens (tertiary/aromatic N) is 2. The normalized spacial score (nSPS) is 12.1. The molecule has 0 fully saturated rings. The number of hydrogen-bond donors (Lipinski definition) is 3. The Bertz CT molecular complexity index is 1110. The smallest absolute Gasteiger partial charge is 0.330 e. The summed E-state index contributed by atoms with van der Waals surface area (Å²) in [5.41, 5.74) is 5.75. The number of Topliss-reactive ketones (excluding diaryl/α,β-unsaturated/α-hetero) is 1. The van der Waals surface area contributed by atoms with Gasteiger partial charge in [-0.25, -0.2) is 4.79 Å². The minimum atomic E-state index is -0.986. The number of aromatic amines is 1. The maximum atomic E-state index is 12.7. The molecule has 1 heterocycles. The molecule has 0 amide bonds. The molecule has 0 aliphatic rings. The van der Waals surface area contributed by atoms with Crippen LogP contribution in [-0.2, 0) is 6.54 Å². The van der Waals surface area contributed by atoms with Crippen molar-refractivity contribution in [1.29, 1.82) is 0 Å². The first kappa shape index (κ1) is 27.0. The van der Waals surface area contributed by atoms with Gasteiger partial charge in [0.05, 0.1) is 7.11 Å². The zero-order chi connectivity index (χ0) is 25.6. The average molecular weight is 477 g/mol. The zero-order valence-electron chi connectivity index (χ0n) is 20.8. The number of rotatable bonds is 12. The van der Waals surface area contributed by atoms with Gasteiger partial charge in [0.2, 0.25) is 0 Å². The number of carbonyl (C=O) groups is 1. The fraction of sp³-hybridized carbons (Fsp3) is 0.542. The Labute approximate surface area is 199 Å². The summed E-state index contributed by atoms with van der Waals surface area (Å²) in [7, 11) is 1.47. The molecule has 4 N–H and O–H groups in total. The van der Waals surface area contributed by atoms with Crippen LogP contribution in [0.25, 0.3) is 0 Å². The summed E-state index contributed by atoms with van der Waals surface area (Å²) in [5, 5.41) is 10.7. The van der Waals surface area contributed by atoms with Gasteiger partial charge in [0.1, 0.15) is 24.2 Å². The van der Waals surface area contributed by atoms with Crippen LogP contribution >= 0.6 is 0 Å². The number of aliphatic hydroxyl groups is 1. The van der Waals surface area contributed by atoms with Crippen LogP contribution < -0.4 is 31.4 Å². The van der Waals surface area contributed by atoms with E-state index in [1.54, 1.807) is 23.1 Å². The van der Waals surface area contributed by atoms with E-state index in [1.165, 1.54) is 18.6 Å². The number of aromatic nitrogens is 2. The van der Waals surface area contributed by atoms with E-state index in [1.807, 2.05) is 27.7 Å².